The number of rotatable bonds is 4. The molecule has 112 valence electrons. The first kappa shape index (κ1) is 15.9. The molecule has 3 nitrogen and oxygen atoms in total. The number of benzene rings is 1. The smallest absolute Gasteiger partial charge is 0.181 e. The molecule has 0 radical (unpaired) electrons. The van der Waals surface area contributed by atoms with Crippen LogP contribution in [0.2, 0.25) is 0 Å². The first-order valence-corrected chi connectivity index (χ1v) is 8.90. The highest BCUT2D eigenvalue weighted by atomic mass is 31.2. The maximum Gasteiger partial charge on any atom is 0.181 e. The van der Waals surface area contributed by atoms with Gasteiger partial charge in [-0.15, -0.1) is 0 Å². The molecule has 2 aromatic rings. The van der Waals surface area contributed by atoms with E-state index in [1.165, 1.54) is 0 Å². The van der Waals surface area contributed by atoms with E-state index in [1.54, 1.807) is 6.20 Å². The van der Waals surface area contributed by atoms with Crippen LogP contribution in [0.5, 0.6) is 0 Å². The molecule has 1 N–H and O–H groups in total. The Kier molecular flexibility index (Phi) is 4.65. The lowest BCUT2D eigenvalue weighted by Gasteiger charge is -2.34. The van der Waals surface area contributed by atoms with E-state index in [0.29, 0.717) is 0 Å². The standard InChI is InChI=1S/C17H23N2OP/c1-14(16-12-8-9-13-18-16)19-21(20,17(2,3)4)15-10-6-5-7-11-15/h5-14H,1-4H3,(H,19,20). The van der Waals surface area contributed by atoms with E-state index in [2.05, 4.69) is 10.1 Å². The number of nitrogens with one attached hydrogen (secondary N) is 1. The van der Waals surface area contributed by atoms with Crippen LogP contribution in [-0.2, 0) is 4.57 Å². The quantitative estimate of drug-likeness (QED) is 0.863. The van der Waals surface area contributed by atoms with Crippen molar-refractivity contribution in [1.82, 2.24) is 10.1 Å². The third-order valence-corrected chi connectivity index (χ3v) is 7.24. The Bertz CT molecular complexity index is 620. The van der Waals surface area contributed by atoms with Gasteiger partial charge >= 0.3 is 0 Å². The van der Waals surface area contributed by atoms with Crippen LogP contribution in [-0.4, -0.2) is 10.1 Å². The Labute approximate surface area is 127 Å². The van der Waals surface area contributed by atoms with E-state index < -0.39 is 7.29 Å². The average molecular weight is 302 g/mol. The molecule has 1 heterocycles. The molecule has 0 aliphatic rings. The van der Waals surface area contributed by atoms with Gasteiger partial charge in [-0.2, -0.15) is 0 Å². The minimum atomic E-state index is -2.77. The molecule has 1 aromatic heterocycles. The van der Waals surface area contributed by atoms with E-state index >= 15 is 0 Å². The third kappa shape index (κ3) is 3.42. The highest BCUT2D eigenvalue weighted by Gasteiger charge is 2.39. The molecule has 0 amide bonds. The number of aromatic nitrogens is 1. The molecule has 0 saturated heterocycles. The molecule has 4 heteroatoms. The molecule has 1 aromatic carbocycles. The summed E-state index contributed by atoms with van der Waals surface area (Å²) in [6, 6.07) is 15.4. The molecule has 2 rings (SSSR count). The fraction of sp³-hybridized carbons (Fsp3) is 0.353. The topological polar surface area (TPSA) is 42.0 Å². The summed E-state index contributed by atoms with van der Waals surface area (Å²) in [5.41, 5.74) is 0.901. The minimum absolute atomic E-state index is 0.0727. The van der Waals surface area contributed by atoms with Crippen LogP contribution in [0.1, 0.15) is 39.4 Å². The zero-order chi connectivity index (χ0) is 15.5. The number of hydrogen-bond acceptors (Lipinski definition) is 2. The predicted molar refractivity (Wildman–Crippen MR) is 89.2 cm³/mol. The highest BCUT2D eigenvalue weighted by molar-refractivity contribution is 7.71. The Morgan fingerprint density at radius 2 is 1.67 bits per heavy atom. The van der Waals surface area contributed by atoms with Gasteiger partial charge in [0.1, 0.15) is 0 Å². The Morgan fingerprint density at radius 3 is 2.19 bits per heavy atom. The van der Waals surface area contributed by atoms with Gasteiger partial charge in [-0.3, -0.25) is 10.1 Å². The van der Waals surface area contributed by atoms with Crippen molar-refractivity contribution in [1.29, 1.82) is 0 Å². The van der Waals surface area contributed by atoms with Crippen molar-refractivity contribution < 1.29 is 4.57 Å². The number of nitrogens with zero attached hydrogens (tertiary/aromatic N) is 1. The predicted octanol–water partition coefficient (Wildman–Crippen LogP) is 4.13. The van der Waals surface area contributed by atoms with Crippen molar-refractivity contribution in [2.24, 2.45) is 0 Å². The normalized spacial score (nSPS) is 16.2. The van der Waals surface area contributed by atoms with Crippen LogP contribution >= 0.6 is 7.29 Å². The van der Waals surface area contributed by atoms with Gasteiger partial charge in [-0.25, -0.2) is 0 Å². The molecular weight excluding hydrogens is 279 g/mol. The zero-order valence-corrected chi connectivity index (χ0v) is 14.0. The largest absolute Gasteiger partial charge is 0.301 e. The molecule has 0 bridgehead atoms. The van der Waals surface area contributed by atoms with E-state index in [1.807, 2.05) is 76.2 Å². The first-order valence-electron chi connectivity index (χ1n) is 7.19. The van der Waals surface area contributed by atoms with Crippen LogP contribution in [0.15, 0.2) is 54.7 Å². The maximum atomic E-state index is 13.7. The fourth-order valence-corrected chi connectivity index (χ4v) is 4.84. The number of pyridine rings is 1. The summed E-state index contributed by atoms with van der Waals surface area (Å²) in [5, 5.41) is 3.86. The monoisotopic (exact) mass is 302 g/mol. The van der Waals surface area contributed by atoms with E-state index in [0.717, 1.165) is 11.0 Å². The molecule has 2 atom stereocenters. The van der Waals surface area contributed by atoms with Gasteiger partial charge in [0.25, 0.3) is 0 Å². The van der Waals surface area contributed by atoms with Crippen LogP contribution in [0.4, 0.5) is 0 Å². The van der Waals surface area contributed by atoms with E-state index in [4.69, 9.17) is 0 Å². The van der Waals surface area contributed by atoms with Gasteiger partial charge < -0.3 is 4.57 Å². The van der Waals surface area contributed by atoms with Gasteiger partial charge in [0.15, 0.2) is 7.29 Å². The lowest BCUT2D eigenvalue weighted by Crippen LogP contribution is -2.34. The Hall–Kier alpha value is -1.44. The molecule has 0 aliphatic heterocycles. The average Bonchev–Trinajstić information content (AvgIpc) is 2.47. The van der Waals surface area contributed by atoms with Gasteiger partial charge in [-0.05, 0) is 19.1 Å². The second kappa shape index (κ2) is 6.13. The van der Waals surface area contributed by atoms with Crippen molar-refractivity contribution in [3.8, 4) is 0 Å². The van der Waals surface area contributed by atoms with Gasteiger partial charge in [0.05, 0.1) is 11.7 Å². The van der Waals surface area contributed by atoms with Crippen molar-refractivity contribution in [2.45, 2.75) is 38.9 Å². The summed E-state index contributed by atoms with van der Waals surface area (Å²) in [7, 11) is -2.77. The van der Waals surface area contributed by atoms with Gasteiger partial charge in [0, 0.05) is 16.7 Å². The molecule has 0 saturated carbocycles. The summed E-state index contributed by atoms with van der Waals surface area (Å²) in [6.07, 6.45) is 1.76. The van der Waals surface area contributed by atoms with E-state index in [9.17, 15) is 4.57 Å². The molecule has 0 aliphatic carbocycles. The van der Waals surface area contributed by atoms with Crippen LogP contribution in [0, 0.1) is 0 Å². The summed E-state index contributed by atoms with van der Waals surface area (Å²) in [6.45, 7) is 8.04. The van der Waals surface area contributed by atoms with Crippen molar-refractivity contribution in [3.63, 3.8) is 0 Å². The third-order valence-electron chi connectivity index (χ3n) is 3.57. The van der Waals surface area contributed by atoms with Crippen molar-refractivity contribution >= 4 is 12.6 Å². The highest BCUT2D eigenvalue weighted by Crippen LogP contribution is 2.54. The van der Waals surface area contributed by atoms with Crippen molar-refractivity contribution in [3.05, 3.63) is 60.4 Å². The number of hydrogen-bond donors (Lipinski definition) is 1. The minimum Gasteiger partial charge on any atom is -0.301 e. The maximum absolute atomic E-state index is 13.7. The van der Waals surface area contributed by atoms with Gasteiger partial charge in [0.2, 0.25) is 0 Å². The summed E-state index contributed by atoms with van der Waals surface area (Å²) in [5.74, 6) is 0. The Balaban J connectivity index is 2.37. The SMILES string of the molecule is CC(NP(=O)(c1ccccc1)C(C)(C)C)c1ccccn1. The van der Waals surface area contributed by atoms with Crippen LogP contribution in [0.3, 0.4) is 0 Å². The Morgan fingerprint density at radius 1 is 1.05 bits per heavy atom. The molecule has 0 fully saturated rings. The van der Waals surface area contributed by atoms with Crippen LogP contribution in [0.25, 0.3) is 0 Å². The zero-order valence-electron chi connectivity index (χ0n) is 13.1. The molecule has 0 spiro atoms. The lowest BCUT2D eigenvalue weighted by atomic mass is 10.2. The summed E-state index contributed by atoms with van der Waals surface area (Å²) in [4.78, 5) is 4.35. The summed E-state index contributed by atoms with van der Waals surface area (Å²) < 4.78 is 13.7. The molecule has 21 heavy (non-hydrogen) atoms. The van der Waals surface area contributed by atoms with Crippen molar-refractivity contribution in [2.75, 3.05) is 0 Å². The molecule has 2 unspecified atom stereocenters. The summed E-state index contributed by atoms with van der Waals surface area (Å²) >= 11 is 0. The first-order chi connectivity index (χ1) is 9.84. The second-order valence-electron chi connectivity index (χ2n) is 6.22. The second-order valence-corrected chi connectivity index (χ2v) is 9.56. The lowest BCUT2D eigenvalue weighted by molar-refractivity contribution is 0.531. The van der Waals surface area contributed by atoms with Crippen LogP contribution < -0.4 is 10.4 Å². The van der Waals surface area contributed by atoms with Gasteiger partial charge in [-0.1, -0.05) is 57.2 Å². The van der Waals surface area contributed by atoms with E-state index in [-0.39, 0.29) is 11.2 Å². The fourth-order valence-electron chi connectivity index (χ4n) is 2.26. The molecular formula is C17H23N2OP.